The van der Waals surface area contributed by atoms with Gasteiger partial charge in [0.25, 0.3) is 0 Å². The van der Waals surface area contributed by atoms with Crippen molar-refractivity contribution in [3.8, 4) is 0 Å². The summed E-state index contributed by atoms with van der Waals surface area (Å²) in [5.74, 6) is 0.619. The minimum atomic E-state index is -0.458. The molecule has 0 aromatic heterocycles. The van der Waals surface area contributed by atoms with Gasteiger partial charge >= 0.3 is 0 Å². The van der Waals surface area contributed by atoms with E-state index >= 15 is 0 Å². The lowest BCUT2D eigenvalue weighted by Gasteiger charge is -2.38. The third-order valence-corrected chi connectivity index (χ3v) is 6.46. The molecule has 1 aromatic rings. The van der Waals surface area contributed by atoms with E-state index in [-0.39, 0.29) is 5.82 Å². The fourth-order valence-corrected chi connectivity index (χ4v) is 4.57. The van der Waals surface area contributed by atoms with E-state index in [0.29, 0.717) is 30.4 Å². The van der Waals surface area contributed by atoms with Crippen LogP contribution in [0.4, 0.5) is 10.1 Å². The Bertz CT molecular complexity index is 603. The second-order valence-corrected chi connectivity index (χ2v) is 9.57. The van der Waals surface area contributed by atoms with E-state index in [1.165, 1.54) is 18.9 Å². The number of anilines is 1. The molecular formula is C23H37FN2O2. The van der Waals surface area contributed by atoms with Crippen molar-refractivity contribution in [2.24, 2.45) is 11.3 Å². The summed E-state index contributed by atoms with van der Waals surface area (Å²) >= 11 is 0. The molecule has 1 N–H and O–H groups in total. The summed E-state index contributed by atoms with van der Waals surface area (Å²) in [6, 6.07) is 6.95. The number of nitrogens with zero attached hydrogens (tertiary/aromatic N) is 2. The average Bonchev–Trinajstić information content (AvgIpc) is 2.67. The van der Waals surface area contributed by atoms with Crippen molar-refractivity contribution in [3.63, 3.8) is 0 Å². The SMILES string of the molecule is CC(C)(C)C1CCC(OC[C@H](O)CN2CCN(c3ccccc3F)CC2)CC1. The van der Waals surface area contributed by atoms with Crippen LogP contribution in [0.1, 0.15) is 46.5 Å². The summed E-state index contributed by atoms with van der Waals surface area (Å²) in [6.07, 6.45) is 4.50. The zero-order valence-corrected chi connectivity index (χ0v) is 17.7. The molecule has 0 spiro atoms. The van der Waals surface area contributed by atoms with E-state index in [9.17, 15) is 9.50 Å². The van der Waals surface area contributed by atoms with Crippen molar-refractivity contribution >= 4 is 5.69 Å². The fraction of sp³-hybridized carbons (Fsp3) is 0.739. The van der Waals surface area contributed by atoms with Gasteiger partial charge in [-0.2, -0.15) is 0 Å². The second-order valence-electron chi connectivity index (χ2n) is 9.57. The fourth-order valence-electron chi connectivity index (χ4n) is 4.57. The maximum absolute atomic E-state index is 13.9. The zero-order valence-electron chi connectivity index (χ0n) is 17.7. The lowest BCUT2D eigenvalue weighted by molar-refractivity contribution is -0.0446. The highest BCUT2D eigenvalue weighted by atomic mass is 19.1. The summed E-state index contributed by atoms with van der Waals surface area (Å²) in [7, 11) is 0. The maximum atomic E-state index is 13.9. The Morgan fingerprint density at radius 3 is 2.32 bits per heavy atom. The molecule has 1 aliphatic carbocycles. The minimum absolute atomic E-state index is 0.162. The van der Waals surface area contributed by atoms with Crippen LogP contribution in [-0.4, -0.2) is 61.5 Å². The molecule has 0 unspecified atom stereocenters. The molecule has 2 aliphatic rings. The lowest BCUT2D eigenvalue weighted by atomic mass is 9.72. The monoisotopic (exact) mass is 392 g/mol. The molecular weight excluding hydrogens is 355 g/mol. The van der Waals surface area contributed by atoms with Gasteiger partial charge in [-0.25, -0.2) is 4.39 Å². The molecule has 0 amide bonds. The van der Waals surface area contributed by atoms with E-state index in [1.54, 1.807) is 6.07 Å². The van der Waals surface area contributed by atoms with Gasteiger partial charge in [0, 0.05) is 32.7 Å². The number of hydrogen-bond acceptors (Lipinski definition) is 4. The van der Waals surface area contributed by atoms with Gasteiger partial charge in [0.05, 0.1) is 24.5 Å². The number of β-amino-alcohol motifs (C(OH)–C–C–N with tert-alkyl or cyclic N) is 1. The molecule has 1 heterocycles. The predicted molar refractivity (Wildman–Crippen MR) is 112 cm³/mol. The summed E-state index contributed by atoms with van der Waals surface area (Å²) in [5, 5.41) is 10.4. The maximum Gasteiger partial charge on any atom is 0.146 e. The normalized spacial score (nSPS) is 25.7. The summed E-state index contributed by atoms with van der Waals surface area (Å²) in [5.41, 5.74) is 1.06. The van der Waals surface area contributed by atoms with Crippen LogP contribution in [0, 0.1) is 17.2 Å². The van der Waals surface area contributed by atoms with Gasteiger partial charge in [0.1, 0.15) is 5.82 Å². The molecule has 0 bridgehead atoms. The van der Waals surface area contributed by atoms with Crippen LogP contribution in [0.15, 0.2) is 24.3 Å². The summed E-state index contributed by atoms with van der Waals surface area (Å²) in [6.45, 7) is 11.3. The van der Waals surface area contributed by atoms with Gasteiger partial charge < -0.3 is 14.7 Å². The first-order chi connectivity index (χ1) is 13.3. The Morgan fingerprint density at radius 2 is 1.71 bits per heavy atom. The molecule has 1 atom stereocenters. The van der Waals surface area contributed by atoms with E-state index in [4.69, 9.17) is 4.74 Å². The van der Waals surface area contributed by atoms with Crippen molar-refractivity contribution in [1.29, 1.82) is 0 Å². The molecule has 28 heavy (non-hydrogen) atoms. The Hall–Kier alpha value is -1.17. The minimum Gasteiger partial charge on any atom is -0.389 e. The van der Waals surface area contributed by atoms with E-state index in [2.05, 4.69) is 30.6 Å². The lowest BCUT2D eigenvalue weighted by Crippen LogP contribution is -2.49. The van der Waals surface area contributed by atoms with E-state index < -0.39 is 6.10 Å². The topological polar surface area (TPSA) is 35.9 Å². The Kier molecular flexibility index (Phi) is 7.35. The molecule has 1 aliphatic heterocycles. The van der Waals surface area contributed by atoms with Gasteiger partial charge in [-0.15, -0.1) is 0 Å². The first-order valence-electron chi connectivity index (χ1n) is 10.8. The summed E-state index contributed by atoms with van der Waals surface area (Å²) < 4.78 is 20.0. The highest BCUT2D eigenvalue weighted by molar-refractivity contribution is 5.47. The van der Waals surface area contributed by atoms with Crippen LogP contribution < -0.4 is 4.90 Å². The predicted octanol–water partition coefficient (Wildman–Crippen LogP) is 3.93. The molecule has 1 saturated heterocycles. The molecule has 2 fully saturated rings. The van der Waals surface area contributed by atoms with Gasteiger partial charge in [-0.05, 0) is 49.1 Å². The van der Waals surface area contributed by atoms with Crippen LogP contribution in [0.2, 0.25) is 0 Å². The van der Waals surface area contributed by atoms with Gasteiger partial charge in [0.15, 0.2) is 0 Å². The Morgan fingerprint density at radius 1 is 1.07 bits per heavy atom. The number of rotatable bonds is 6. The molecule has 5 heteroatoms. The highest BCUT2D eigenvalue weighted by Gasteiger charge is 2.30. The first-order valence-corrected chi connectivity index (χ1v) is 10.8. The first kappa shape index (κ1) is 21.5. The largest absolute Gasteiger partial charge is 0.389 e. The van der Waals surface area contributed by atoms with Gasteiger partial charge in [-0.1, -0.05) is 32.9 Å². The van der Waals surface area contributed by atoms with Crippen molar-refractivity contribution in [1.82, 2.24) is 4.90 Å². The number of piperazine rings is 1. The number of halogens is 1. The number of para-hydroxylation sites is 1. The zero-order chi connectivity index (χ0) is 20.1. The van der Waals surface area contributed by atoms with Crippen molar-refractivity contribution in [2.75, 3.05) is 44.2 Å². The Balaban J connectivity index is 1.34. The molecule has 0 radical (unpaired) electrons. The number of benzene rings is 1. The summed E-state index contributed by atoms with van der Waals surface area (Å²) in [4.78, 5) is 4.34. The number of hydrogen-bond donors (Lipinski definition) is 1. The highest BCUT2D eigenvalue weighted by Crippen LogP contribution is 2.38. The quantitative estimate of drug-likeness (QED) is 0.796. The molecule has 4 nitrogen and oxygen atoms in total. The third-order valence-electron chi connectivity index (χ3n) is 6.46. The molecule has 3 rings (SSSR count). The van der Waals surface area contributed by atoms with Crippen molar-refractivity contribution < 1.29 is 14.2 Å². The van der Waals surface area contributed by atoms with Crippen molar-refractivity contribution in [2.45, 2.75) is 58.7 Å². The van der Waals surface area contributed by atoms with Crippen LogP contribution in [-0.2, 0) is 4.74 Å². The molecule has 1 aromatic carbocycles. The van der Waals surface area contributed by atoms with Crippen LogP contribution in [0.25, 0.3) is 0 Å². The van der Waals surface area contributed by atoms with E-state index in [0.717, 1.165) is 44.9 Å². The second kappa shape index (κ2) is 9.55. The number of aliphatic hydroxyl groups excluding tert-OH is 1. The van der Waals surface area contributed by atoms with Crippen LogP contribution in [0.5, 0.6) is 0 Å². The van der Waals surface area contributed by atoms with Crippen LogP contribution in [0.3, 0.4) is 0 Å². The third kappa shape index (κ3) is 5.91. The standard InChI is InChI=1S/C23H37FN2O2/c1-23(2,3)18-8-10-20(11-9-18)28-17-19(27)16-25-12-14-26(15-13-25)22-7-5-4-6-21(22)24/h4-7,18-20,27H,8-17H2,1-3H3/t18?,19-,20?/m1/s1. The molecule has 1 saturated carbocycles. The van der Waals surface area contributed by atoms with Crippen molar-refractivity contribution in [3.05, 3.63) is 30.1 Å². The van der Waals surface area contributed by atoms with Gasteiger partial charge in [-0.3, -0.25) is 4.90 Å². The van der Waals surface area contributed by atoms with Gasteiger partial charge in [0.2, 0.25) is 0 Å². The van der Waals surface area contributed by atoms with E-state index in [1.807, 2.05) is 12.1 Å². The van der Waals surface area contributed by atoms with Crippen LogP contribution >= 0.6 is 0 Å². The number of aliphatic hydroxyl groups is 1. The molecule has 158 valence electrons. The Labute approximate surface area is 169 Å². The smallest absolute Gasteiger partial charge is 0.146 e. The average molecular weight is 393 g/mol. The number of ether oxygens (including phenoxy) is 1.